The molecule has 0 heterocycles. The number of hydrogen-bond acceptors (Lipinski definition) is 3. The molecule has 2 aromatic carbocycles. The molecule has 0 spiro atoms. The van der Waals surface area contributed by atoms with Crippen molar-refractivity contribution in [1.82, 2.24) is 0 Å². The van der Waals surface area contributed by atoms with Gasteiger partial charge in [0.05, 0.1) is 10.2 Å². The highest BCUT2D eigenvalue weighted by molar-refractivity contribution is 9.10. The van der Waals surface area contributed by atoms with Crippen LogP contribution >= 0.6 is 39.3 Å². The van der Waals surface area contributed by atoms with Gasteiger partial charge in [0, 0.05) is 9.92 Å². The topological polar surface area (TPSA) is 38.3 Å². The van der Waals surface area contributed by atoms with Gasteiger partial charge in [-0.25, -0.2) is 0 Å². The molecule has 110 valence electrons. The number of anilines is 1. The predicted molar refractivity (Wildman–Crippen MR) is 91.5 cm³/mol. The van der Waals surface area contributed by atoms with E-state index in [9.17, 15) is 4.79 Å². The van der Waals surface area contributed by atoms with Gasteiger partial charge in [0.15, 0.2) is 6.61 Å². The Morgan fingerprint density at radius 1 is 1.33 bits per heavy atom. The summed E-state index contributed by atoms with van der Waals surface area (Å²) in [5, 5.41) is 3.44. The molecule has 6 heteroatoms. The summed E-state index contributed by atoms with van der Waals surface area (Å²) in [5.41, 5.74) is 0.786. The van der Waals surface area contributed by atoms with E-state index < -0.39 is 0 Å². The number of carbonyl (C=O) groups is 1. The van der Waals surface area contributed by atoms with Crippen molar-refractivity contribution in [1.29, 1.82) is 0 Å². The zero-order valence-electron chi connectivity index (χ0n) is 11.2. The van der Waals surface area contributed by atoms with Crippen molar-refractivity contribution in [2.24, 2.45) is 0 Å². The molecule has 2 rings (SSSR count). The first-order valence-electron chi connectivity index (χ1n) is 6.11. The van der Waals surface area contributed by atoms with Crippen LogP contribution in [0.25, 0.3) is 0 Å². The third-order valence-corrected chi connectivity index (χ3v) is 4.28. The van der Waals surface area contributed by atoms with Gasteiger partial charge in [0.1, 0.15) is 5.75 Å². The molecule has 0 aliphatic heterocycles. The Labute approximate surface area is 141 Å². The van der Waals surface area contributed by atoms with E-state index in [1.54, 1.807) is 30.0 Å². The largest absolute Gasteiger partial charge is 0.483 e. The van der Waals surface area contributed by atoms with Crippen LogP contribution in [0, 0.1) is 0 Å². The lowest BCUT2D eigenvalue weighted by molar-refractivity contribution is -0.118. The van der Waals surface area contributed by atoms with Gasteiger partial charge < -0.3 is 10.1 Å². The molecule has 0 unspecified atom stereocenters. The SMILES string of the molecule is CSc1ccccc1NC(=O)COc1ccc(Cl)cc1Br. The van der Waals surface area contributed by atoms with Crippen molar-refractivity contribution in [3.8, 4) is 5.75 Å². The Kier molecular flexibility index (Phi) is 5.96. The number of amides is 1. The van der Waals surface area contributed by atoms with Gasteiger partial charge in [0.25, 0.3) is 5.91 Å². The number of nitrogens with one attached hydrogen (secondary N) is 1. The summed E-state index contributed by atoms with van der Waals surface area (Å²) in [6.07, 6.45) is 1.96. The first-order valence-corrected chi connectivity index (χ1v) is 8.50. The van der Waals surface area contributed by atoms with E-state index in [2.05, 4.69) is 21.2 Å². The Bertz CT molecular complexity index is 651. The van der Waals surface area contributed by atoms with Crippen LogP contribution in [0.15, 0.2) is 51.8 Å². The van der Waals surface area contributed by atoms with Crippen molar-refractivity contribution in [3.63, 3.8) is 0 Å². The molecule has 0 atom stereocenters. The first kappa shape index (κ1) is 16.2. The Morgan fingerprint density at radius 2 is 2.10 bits per heavy atom. The number of ether oxygens (including phenoxy) is 1. The third kappa shape index (κ3) is 4.66. The highest BCUT2D eigenvalue weighted by Crippen LogP contribution is 2.28. The molecular weight excluding hydrogens is 374 g/mol. The fraction of sp³-hybridized carbons (Fsp3) is 0.133. The minimum atomic E-state index is -0.210. The van der Waals surface area contributed by atoms with Crippen molar-refractivity contribution >= 4 is 50.9 Å². The molecule has 0 saturated heterocycles. The molecule has 1 amide bonds. The summed E-state index contributed by atoms with van der Waals surface area (Å²) in [6.45, 7) is -0.0665. The fourth-order valence-electron chi connectivity index (χ4n) is 1.67. The highest BCUT2D eigenvalue weighted by atomic mass is 79.9. The predicted octanol–water partition coefficient (Wildman–Crippen LogP) is 4.84. The maximum atomic E-state index is 11.9. The number of halogens is 2. The van der Waals surface area contributed by atoms with E-state index in [-0.39, 0.29) is 12.5 Å². The van der Waals surface area contributed by atoms with Crippen molar-refractivity contribution in [2.75, 3.05) is 18.2 Å². The van der Waals surface area contributed by atoms with Crippen LogP contribution in [0.2, 0.25) is 5.02 Å². The van der Waals surface area contributed by atoms with Gasteiger partial charge in [-0.05, 0) is 52.5 Å². The van der Waals surface area contributed by atoms with E-state index >= 15 is 0 Å². The first-order chi connectivity index (χ1) is 10.1. The summed E-state index contributed by atoms with van der Waals surface area (Å²) in [5.74, 6) is 0.367. The summed E-state index contributed by atoms with van der Waals surface area (Å²) < 4.78 is 6.19. The lowest BCUT2D eigenvalue weighted by Crippen LogP contribution is -2.20. The van der Waals surface area contributed by atoms with E-state index in [4.69, 9.17) is 16.3 Å². The summed E-state index contributed by atoms with van der Waals surface area (Å²) in [7, 11) is 0. The number of para-hydroxylation sites is 1. The molecule has 1 N–H and O–H groups in total. The van der Waals surface area contributed by atoms with E-state index in [1.165, 1.54) is 0 Å². The van der Waals surface area contributed by atoms with E-state index in [0.29, 0.717) is 15.2 Å². The second-order valence-electron chi connectivity index (χ2n) is 4.11. The summed E-state index contributed by atoms with van der Waals surface area (Å²) in [6, 6.07) is 12.8. The molecule has 0 radical (unpaired) electrons. The molecule has 0 saturated carbocycles. The van der Waals surface area contributed by atoms with E-state index in [0.717, 1.165) is 10.6 Å². The minimum Gasteiger partial charge on any atom is -0.483 e. The Morgan fingerprint density at radius 3 is 2.81 bits per heavy atom. The fourth-order valence-corrected chi connectivity index (χ4v) is 3.02. The monoisotopic (exact) mass is 385 g/mol. The molecule has 0 fully saturated rings. The Hall–Kier alpha value is -1.17. The molecule has 0 aliphatic rings. The van der Waals surface area contributed by atoms with Crippen LogP contribution in [-0.4, -0.2) is 18.8 Å². The molecule has 0 aromatic heterocycles. The Balaban J connectivity index is 1.96. The second-order valence-corrected chi connectivity index (χ2v) is 6.25. The van der Waals surface area contributed by atoms with Crippen LogP contribution in [0.5, 0.6) is 5.75 Å². The molecule has 0 bridgehead atoms. The van der Waals surface area contributed by atoms with Crippen LogP contribution in [0.3, 0.4) is 0 Å². The molecule has 0 aliphatic carbocycles. The summed E-state index contributed by atoms with van der Waals surface area (Å²) in [4.78, 5) is 13.0. The number of hydrogen-bond donors (Lipinski definition) is 1. The van der Waals surface area contributed by atoms with Gasteiger partial charge in [-0.1, -0.05) is 23.7 Å². The zero-order valence-corrected chi connectivity index (χ0v) is 14.4. The maximum absolute atomic E-state index is 11.9. The normalized spacial score (nSPS) is 10.2. The quantitative estimate of drug-likeness (QED) is 0.747. The standard InChI is InChI=1S/C15H13BrClNO2S/c1-21-14-5-3-2-4-12(14)18-15(19)9-20-13-7-6-10(17)8-11(13)16/h2-8H,9H2,1H3,(H,18,19). The average Bonchev–Trinajstić information content (AvgIpc) is 2.47. The van der Waals surface area contributed by atoms with Crippen molar-refractivity contribution in [2.45, 2.75) is 4.90 Å². The van der Waals surface area contributed by atoms with Crippen LogP contribution in [-0.2, 0) is 4.79 Å². The smallest absolute Gasteiger partial charge is 0.262 e. The second kappa shape index (κ2) is 7.73. The zero-order chi connectivity index (χ0) is 15.2. The molecule has 3 nitrogen and oxygen atoms in total. The van der Waals surface area contributed by atoms with Gasteiger partial charge >= 0.3 is 0 Å². The minimum absolute atomic E-state index is 0.0665. The van der Waals surface area contributed by atoms with Gasteiger partial charge in [-0.15, -0.1) is 11.8 Å². The molecule has 21 heavy (non-hydrogen) atoms. The average molecular weight is 387 g/mol. The number of benzene rings is 2. The lowest BCUT2D eigenvalue weighted by atomic mass is 10.3. The van der Waals surface area contributed by atoms with Gasteiger partial charge in [-0.3, -0.25) is 4.79 Å². The van der Waals surface area contributed by atoms with Crippen molar-refractivity contribution < 1.29 is 9.53 Å². The molecular formula is C15H13BrClNO2S. The third-order valence-electron chi connectivity index (χ3n) is 2.63. The summed E-state index contributed by atoms with van der Waals surface area (Å²) >= 11 is 10.8. The number of carbonyl (C=O) groups excluding carboxylic acids is 1. The van der Waals surface area contributed by atoms with Crippen LogP contribution < -0.4 is 10.1 Å². The number of rotatable bonds is 5. The molecule has 2 aromatic rings. The van der Waals surface area contributed by atoms with Gasteiger partial charge in [-0.2, -0.15) is 0 Å². The lowest BCUT2D eigenvalue weighted by Gasteiger charge is -2.11. The van der Waals surface area contributed by atoms with Crippen molar-refractivity contribution in [3.05, 3.63) is 52.0 Å². The maximum Gasteiger partial charge on any atom is 0.262 e. The number of thioether (sulfide) groups is 1. The highest BCUT2D eigenvalue weighted by Gasteiger charge is 2.08. The van der Waals surface area contributed by atoms with E-state index in [1.807, 2.05) is 30.5 Å². The van der Waals surface area contributed by atoms with Gasteiger partial charge in [0.2, 0.25) is 0 Å². The van der Waals surface area contributed by atoms with Crippen LogP contribution in [0.4, 0.5) is 5.69 Å². The van der Waals surface area contributed by atoms with Crippen LogP contribution in [0.1, 0.15) is 0 Å².